The van der Waals surface area contributed by atoms with Crippen LogP contribution >= 0.6 is 0 Å². The number of fused-ring (bicyclic) bond motifs is 4. The molecule has 0 saturated carbocycles. The summed E-state index contributed by atoms with van der Waals surface area (Å²) in [5.74, 6) is 0.614. The Morgan fingerprint density at radius 1 is 1.40 bits per heavy atom. The summed E-state index contributed by atoms with van der Waals surface area (Å²) in [4.78, 5) is 13.7. The number of carbonyl (C=O) groups excluding carboxylic acids is 1. The second kappa shape index (κ2) is 4.39. The summed E-state index contributed by atoms with van der Waals surface area (Å²) in [7, 11) is 0. The Morgan fingerprint density at radius 3 is 2.93 bits per heavy atom. The largest absolute Gasteiger partial charge is 0.447 e. The Balaban J connectivity index is 1.99. The predicted molar refractivity (Wildman–Crippen MR) is 57.7 cm³/mol. The van der Waals surface area contributed by atoms with Crippen LogP contribution in [0.5, 0.6) is 0 Å². The van der Waals surface area contributed by atoms with Gasteiger partial charge in [0.1, 0.15) is 0 Å². The van der Waals surface area contributed by atoms with Gasteiger partial charge >= 0.3 is 6.09 Å². The maximum atomic E-state index is 11.8. The summed E-state index contributed by atoms with van der Waals surface area (Å²) >= 11 is 0. The minimum atomic E-state index is -0.136. The van der Waals surface area contributed by atoms with Crippen molar-refractivity contribution in [1.29, 1.82) is 0 Å². The van der Waals surface area contributed by atoms with Crippen molar-refractivity contribution in [3.63, 3.8) is 0 Å². The molecule has 0 spiro atoms. The van der Waals surface area contributed by atoms with E-state index in [0.29, 0.717) is 12.0 Å². The van der Waals surface area contributed by atoms with Gasteiger partial charge in [-0.1, -0.05) is 0 Å². The smallest absolute Gasteiger partial charge is 0.410 e. The van der Waals surface area contributed by atoms with Gasteiger partial charge in [-0.15, -0.1) is 0 Å². The number of nitrogens with zero attached hydrogens (tertiary/aromatic N) is 1. The third-order valence-corrected chi connectivity index (χ3v) is 3.19. The van der Waals surface area contributed by atoms with E-state index in [1.807, 2.05) is 18.7 Å². The van der Waals surface area contributed by atoms with Crippen LogP contribution in [0.1, 0.15) is 26.7 Å². The zero-order valence-corrected chi connectivity index (χ0v) is 9.53. The number of hydrogen-bond donors (Lipinski definition) is 1. The van der Waals surface area contributed by atoms with Crippen LogP contribution in [0.2, 0.25) is 0 Å². The average molecular weight is 212 g/mol. The number of rotatable bonds is 1. The first-order chi connectivity index (χ1) is 7.16. The minimum Gasteiger partial charge on any atom is -0.447 e. The Morgan fingerprint density at radius 2 is 2.20 bits per heavy atom. The van der Waals surface area contributed by atoms with Gasteiger partial charge in [-0.05, 0) is 39.2 Å². The average Bonchev–Trinajstić information content (AvgIpc) is 2.50. The summed E-state index contributed by atoms with van der Waals surface area (Å²) < 4.78 is 5.26. The molecule has 3 aliphatic rings. The molecule has 4 nitrogen and oxygen atoms in total. The van der Waals surface area contributed by atoms with E-state index in [1.165, 1.54) is 6.42 Å². The van der Waals surface area contributed by atoms with E-state index in [2.05, 4.69) is 5.32 Å². The van der Waals surface area contributed by atoms with Crippen LogP contribution in [0.3, 0.4) is 0 Å². The fourth-order valence-electron chi connectivity index (χ4n) is 2.43. The lowest BCUT2D eigenvalue weighted by atomic mass is 9.95. The molecular weight excluding hydrogens is 192 g/mol. The molecule has 3 fully saturated rings. The van der Waals surface area contributed by atoms with Crippen LogP contribution in [-0.4, -0.2) is 42.8 Å². The van der Waals surface area contributed by atoms with Crippen molar-refractivity contribution < 1.29 is 9.53 Å². The van der Waals surface area contributed by atoms with Crippen molar-refractivity contribution in [2.75, 3.05) is 19.6 Å². The van der Waals surface area contributed by atoms with Gasteiger partial charge < -0.3 is 15.0 Å². The molecule has 0 radical (unpaired) electrons. The second-order valence-corrected chi connectivity index (χ2v) is 4.84. The summed E-state index contributed by atoms with van der Waals surface area (Å²) in [5.41, 5.74) is 0. The van der Waals surface area contributed by atoms with Gasteiger partial charge in [0.15, 0.2) is 0 Å². The fourth-order valence-corrected chi connectivity index (χ4v) is 2.43. The number of amides is 1. The standard InChI is InChI=1S/C11H20N2O2/c1-8(2)15-11(14)13-7-9-3-4-10(13)6-12-5-9/h8-10,12H,3-7H2,1-2H3. The van der Waals surface area contributed by atoms with Crippen molar-refractivity contribution in [1.82, 2.24) is 10.2 Å². The molecule has 3 aliphatic heterocycles. The highest BCUT2D eigenvalue weighted by Gasteiger charge is 2.35. The Labute approximate surface area is 91.0 Å². The summed E-state index contributed by atoms with van der Waals surface area (Å²) in [6.45, 7) is 6.62. The van der Waals surface area contributed by atoms with E-state index in [4.69, 9.17) is 4.74 Å². The molecule has 2 bridgehead atoms. The van der Waals surface area contributed by atoms with Gasteiger partial charge in [0, 0.05) is 19.1 Å². The number of hydrogen-bond acceptors (Lipinski definition) is 3. The molecule has 15 heavy (non-hydrogen) atoms. The van der Waals surface area contributed by atoms with Crippen LogP contribution in [0.25, 0.3) is 0 Å². The predicted octanol–water partition coefficient (Wildman–Crippen LogP) is 1.22. The van der Waals surface area contributed by atoms with Crippen molar-refractivity contribution >= 4 is 6.09 Å². The molecule has 2 atom stereocenters. The zero-order valence-electron chi connectivity index (χ0n) is 9.53. The lowest BCUT2D eigenvalue weighted by Crippen LogP contribution is -2.47. The molecular formula is C11H20N2O2. The van der Waals surface area contributed by atoms with Crippen molar-refractivity contribution in [3.8, 4) is 0 Å². The molecule has 3 saturated heterocycles. The van der Waals surface area contributed by atoms with Gasteiger partial charge in [-0.25, -0.2) is 4.79 Å². The molecule has 0 aromatic rings. The van der Waals surface area contributed by atoms with Crippen LogP contribution in [-0.2, 0) is 4.74 Å². The van der Waals surface area contributed by atoms with Gasteiger partial charge in [-0.3, -0.25) is 0 Å². The molecule has 0 aromatic carbocycles. The van der Waals surface area contributed by atoms with Crippen molar-refractivity contribution in [2.45, 2.75) is 38.8 Å². The van der Waals surface area contributed by atoms with Crippen LogP contribution in [0.4, 0.5) is 4.79 Å². The molecule has 1 amide bonds. The lowest BCUT2D eigenvalue weighted by molar-refractivity contribution is 0.0497. The number of ether oxygens (including phenoxy) is 1. The first-order valence-corrected chi connectivity index (χ1v) is 5.85. The van der Waals surface area contributed by atoms with E-state index in [-0.39, 0.29) is 12.2 Å². The molecule has 3 rings (SSSR count). The molecule has 1 N–H and O–H groups in total. The Kier molecular flexibility index (Phi) is 3.14. The van der Waals surface area contributed by atoms with E-state index in [1.54, 1.807) is 0 Å². The van der Waals surface area contributed by atoms with E-state index in [0.717, 1.165) is 26.1 Å². The molecule has 0 aromatic heterocycles. The first kappa shape index (κ1) is 10.7. The van der Waals surface area contributed by atoms with Crippen molar-refractivity contribution in [3.05, 3.63) is 0 Å². The maximum Gasteiger partial charge on any atom is 0.410 e. The zero-order chi connectivity index (χ0) is 10.8. The van der Waals surface area contributed by atoms with Gasteiger partial charge in [-0.2, -0.15) is 0 Å². The number of carbonyl (C=O) groups is 1. The highest BCUT2D eigenvalue weighted by molar-refractivity contribution is 5.68. The molecule has 0 aliphatic carbocycles. The monoisotopic (exact) mass is 212 g/mol. The number of nitrogens with one attached hydrogen (secondary N) is 1. The highest BCUT2D eigenvalue weighted by Crippen LogP contribution is 2.25. The maximum absolute atomic E-state index is 11.8. The fraction of sp³-hybridized carbons (Fsp3) is 0.909. The Hall–Kier alpha value is -0.770. The Bertz CT molecular complexity index is 239. The highest BCUT2D eigenvalue weighted by atomic mass is 16.6. The van der Waals surface area contributed by atoms with Gasteiger partial charge in [0.2, 0.25) is 0 Å². The van der Waals surface area contributed by atoms with E-state index >= 15 is 0 Å². The first-order valence-electron chi connectivity index (χ1n) is 5.85. The third kappa shape index (κ3) is 2.43. The topological polar surface area (TPSA) is 41.6 Å². The quantitative estimate of drug-likeness (QED) is 0.710. The third-order valence-electron chi connectivity index (χ3n) is 3.19. The van der Waals surface area contributed by atoms with Crippen LogP contribution in [0.15, 0.2) is 0 Å². The number of piperidine rings is 1. The van der Waals surface area contributed by atoms with Gasteiger partial charge in [0.25, 0.3) is 0 Å². The molecule has 4 heteroatoms. The van der Waals surface area contributed by atoms with Gasteiger partial charge in [0.05, 0.1) is 6.10 Å². The summed E-state index contributed by atoms with van der Waals surface area (Å²) in [5, 5.41) is 3.40. The minimum absolute atomic E-state index is 0.0211. The normalized spacial score (nSPS) is 30.5. The molecule has 86 valence electrons. The van der Waals surface area contributed by atoms with Crippen molar-refractivity contribution in [2.24, 2.45) is 5.92 Å². The van der Waals surface area contributed by atoms with E-state index in [9.17, 15) is 4.79 Å². The molecule has 3 heterocycles. The second-order valence-electron chi connectivity index (χ2n) is 4.84. The van der Waals surface area contributed by atoms with Crippen LogP contribution < -0.4 is 5.32 Å². The summed E-state index contributed by atoms with van der Waals surface area (Å²) in [6, 6.07) is 0.343. The lowest BCUT2D eigenvalue weighted by Gasteiger charge is -2.35. The SMILES string of the molecule is CC(C)OC(=O)N1CC2CCC1CNC2. The molecule has 2 unspecified atom stereocenters. The van der Waals surface area contributed by atoms with Crippen LogP contribution in [0, 0.1) is 5.92 Å². The summed E-state index contributed by atoms with van der Waals surface area (Å²) in [6.07, 6.45) is 2.20. The van der Waals surface area contributed by atoms with E-state index < -0.39 is 0 Å².